The van der Waals surface area contributed by atoms with Crippen LogP contribution in [0, 0.1) is 0 Å². The molecule has 0 spiro atoms. The van der Waals surface area contributed by atoms with E-state index in [1.54, 1.807) is 12.1 Å². The van der Waals surface area contributed by atoms with Crippen LogP contribution >= 0.6 is 0 Å². The minimum Gasteiger partial charge on any atom is -0.461 e. The number of aliphatic hydroxyl groups excluding tert-OH is 1. The highest BCUT2D eigenvalue weighted by atomic mass is 19.3. The molecule has 0 bridgehead atoms. The summed E-state index contributed by atoms with van der Waals surface area (Å²) in [5, 5.41) is 14.4. The molecule has 1 unspecified atom stereocenters. The van der Waals surface area contributed by atoms with Gasteiger partial charge in [-0.15, -0.1) is 0 Å². The van der Waals surface area contributed by atoms with Gasteiger partial charge in [0.1, 0.15) is 6.10 Å². The predicted molar refractivity (Wildman–Crippen MR) is 58.5 cm³/mol. The molecule has 0 aliphatic heterocycles. The number of aromatic nitrogens is 1. The number of nitrogens with zero attached hydrogens (tertiary/aromatic N) is 1. The smallest absolute Gasteiger partial charge is 0.273 e. The fourth-order valence-electron chi connectivity index (χ4n) is 1.29. The highest BCUT2D eigenvalue weighted by Crippen LogP contribution is 2.20. The normalized spacial score (nSPS) is 12.6. The number of alkyl halides is 2. The van der Waals surface area contributed by atoms with Gasteiger partial charge in [-0.2, -0.15) is 0 Å². The van der Waals surface area contributed by atoms with E-state index in [0.29, 0.717) is 5.76 Å². The van der Waals surface area contributed by atoms with Crippen LogP contribution in [0.3, 0.4) is 0 Å². The molecule has 0 radical (unpaired) electrons. The van der Waals surface area contributed by atoms with Gasteiger partial charge in [0.05, 0.1) is 6.26 Å². The number of rotatable bonds is 5. The van der Waals surface area contributed by atoms with Crippen LogP contribution in [0.2, 0.25) is 0 Å². The second kappa shape index (κ2) is 5.61. The van der Waals surface area contributed by atoms with Gasteiger partial charge in [0.2, 0.25) is 5.76 Å². The maximum atomic E-state index is 12.0. The van der Waals surface area contributed by atoms with Crippen LogP contribution in [0.1, 0.15) is 10.5 Å². The van der Waals surface area contributed by atoms with Crippen LogP contribution < -0.4 is 5.32 Å². The third-order valence-corrected chi connectivity index (χ3v) is 2.27. The van der Waals surface area contributed by atoms with Crippen molar-refractivity contribution in [1.29, 1.82) is 0 Å². The highest BCUT2D eigenvalue weighted by molar-refractivity contribution is 5.92. The lowest BCUT2D eigenvalue weighted by Crippen LogP contribution is -2.35. The molecule has 0 saturated heterocycles. The first-order chi connectivity index (χ1) is 9.08. The van der Waals surface area contributed by atoms with Crippen LogP contribution in [-0.4, -0.2) is 35.2 Å². The Bertz CT molecular complexity index is 539. The summed E-state index contributed by atoms with van der Waals surface area (Å²) in [6.45, 7) is -0.570. The predicted octanol–water partition coefficient (Wildman–Crippen LogP) is 1.29. The van der Waals surface area contributed by atoms with Crippen LogP contribution in [-0.2, 0) is 0 Å². The molecule has 8 heteroatoms. The first-order valence-electron chi connectivity index (χ1n) is 5.33. The molecule has 2 aromatic heterocycles. The van der Waals surface area contributed by atoms with Gasteiger partial charge in [0.25, 0.3) is 12.3 Å². The summed E-state index contributed by atoms with van der Waals surface area (Å²) in [6.07, 6.45) is -3.41. The zero-order valence-electron chi connectivity index (χ0n) is 9.55. The topological polar surface area (TPSA) is 88.5 Å². The van der Waals surface area contributed by atoms with Gasteiger partial charge in [-0.25, -0.2) is 8.78 Å². The Balaban J connectivity index is 1.97. The summed E-state index contributed by atoms with van der Waals surface area (Å²) in [7, 11) is 0. The number of nitrogens with one attached hydrogen (secondary N) is 1. The van der Waals surface area contributed by atoms with E-state index < -0.39 is 25.0 Å². The van der Waals surface area contributed by atoms with E-state index in [4.69, 9.17) is 14.0 Å². The van der Waals surface area contributed by atoms with E-state index in [1.807, 2.05) is 0 Å². The van der Waals surface area contributed by atoms with Crippen molar-refractivity contribution in [3.8, 4) is 11.5 Å². The molecule has 2 aromatic rings. The van der Waals surface area contributed by atoms with E-state index in [-0.39, 0.29) is 11.5 Å². The number of hydrogen-bond acceptors (Lipinski definition) is 5. The zero-order valence-corrected chi connectivity index (χ0v) is 9.55. The van der Waals surface area contributed by atoms with Gasteiger partial charge in [-0.3, -0.25) is 4.79 Å². The summed E-state index contributed by atoms with van der Waals surface area (Å²) in [5.41, 5.74) is -0.0899. The highest BCUT2D eigenvalue weighted by Gasteiger charge is 2.20. The van der Waals surface area contributed by atoms with Crippen molar-refractivity contribution in [2.75, 3.05) is 6.54 Å². The Morgan fingerprint density at radius 1 is 1.47 bits per heavy atom. The van der Waals surface area contributed by atoms with Gasteiger partial charge in [-0.05, 0) is 12.1 Å². The first kappa shape index (κ1) is 13.2. The third-order valence-electron chi connectivity index (χ3n) is 2.27. The quantitative estimate of drug-likeness (QED) is 0.856. The molecule has 0 fully saturated rings. The van der Waals surface area contributed by atoms with Gasteiger partial charge in [0, 0.05) is 12.6 Å². The Morgan fingerprint density at radius 3 is 2.89 bits per heavy atom. The molecule has 19 heavy (non-hydrogen) atoms. The Labute approximate surface area is 106 Å². The van der Waals surface area contributed by atoms with Crippen LogP contribution in [0.15, 0.2) is 33.4 Å². The van der Waals surface area contributed by atoms with Crippen molar-refractivity contribution in [1.82, 2.24) is 10.5 Å². The number of aliphatic hydroxyl groups is 1. The molecule has 0 aliphatic carbocycles. The molecule has 0 saturated carbocycles. The SMILES string of the molecule is O=C(NCC(O)C(F)F)c1cc(-c2ccco2)on1. The van der Waals surface area contributed by atoms with Crippen molar-refractivity contribution < 1.29 is 27.6 Å². The number of furan rings is 1. The van der Waals surface area contributed by atoms with Crippen molar-refractivity contribution in [3.05, 3.63) is 30.2 Å². The van der Waals surface area contributed by atoms with Crippen LogP contribution in [0.5, 0.6) is 0 Å². The molecule has 2 rings (SSSR count). The van der Waals surface area contributed by atoms with Crippen molar-refractivity contribution in [2.45, 2.75) is 12.5 Å². The van der Waals surface area contributed by atoms with Gasteiger partial charge < -0.3 is 19.4 Å². The summed E-state index contributed by atoms with van der Waals surface area (Å²) in [6, 6.07) is 4.56. The average molecular weight is 272 g/mol. The minimum absolute atomic E-state index is 0.0899. The monoisotopic (exact) mass is 272 g/mol. The van der Waals surface area contributed by atoms with Crippen LogP contribution in [0.4, 0.5) is 8.78 Å². The number of carbonyl (C=O) groups excluding carboxylic acids is 1. The summed E-state index contributed by atoms with van der Waals surface area (Å²) in [4.78, 5) is 11.5. The Morgan fingerprint density at radius 2 is 2.26 bits per heavy atom. The second-order valence-electron chi connectivity index (χ2n) is 3.67. The number of carbonyl (C=O) groups is 1. The fourth-order valence-corrected chi connectivity index (χ4v) is 1.29. The number of amides is 1. The lowest BCUT2D eigenvalue weighted by Gasteiger charge is -2.09. The van der Waals surface area contributed by atoms with Gasteiger partial charge >= 0.3 is 0 Å². The molecule has 0 aromatic carbocycles. The third kappa shape index (κ3) is 3.16. The zero-order chi connectivity index (χ0) is 13.8. The number of halogens is 2. The number of hydrogen-bond donors (Lipinski definition) is 2. The second-order valence-corrected chi connectivity index (χ2v) is 3.67. The molecule has 2 heterocycles. The molecule has 102 valence electrons. The standard InChI is InChI=1S/C11H10F2N2O4/c12-10(13)7(16)5-14-11(17)6-4-9(19-15-6)8-2-1-3-18-8/h1-4,7,10,16H,5H2,(H,14,17). The summed E-state index contributed by atoms with van der Waals surface area (Å²) < 4.78 is 34.0. The molecular weight excluding hydrogens is 262 g/mol. The van der Waals surface area contributed by atoms with Crippen LogP contribution in [0.25, 0.3) is 11.5 Å². The lowest BCUT2D eigenvalue weighted by molar-refractivity contribution is -0.00274. The van der Waals surface area contributed by atoms with E-state index in [2.05, 4.69) is 10.5 Å². The molecule has 1 atom stereocenters. The maximum Gasteiger partial charge on any atom is 0.273 e. The maximum absolute atomic E-state index is 12.0. The average Bonchev–Trinajstić information content (AvgIpc) is 3.04. The van der Waals surface area contributed by atoms with Gasteiger partial charge in [0.15, 0.2) is 11.5 Å². The van der Waals surface area contributed by atoms with Crippen molar-refractivity contribution in [3.63, 3.8) is 0 Å². The molecule has 6 nitrogen and oxygen atoms in total. The van der Waals surface area contributed by atoms with E-state index >= 15 is 0 Å². The molecule has 1 amide bonds. The van der Waals surface area contributed by atoms with Crippen molar-refractivity contribution in [2.24, 2.45) is 0 Å². The van der Waals surface area contributed by atoms with E-state index in [1.165, 1.54) is 12.3 Å². The van der Waals surface area contributed by atoms with Crippen molar-refractivity contribution >= 4 is 5.91 Å². The molecule has 2 N–H and O–H groups in total. The minimum atomic E-state index is -2.92. The molecular formula is C11H10F2N2O4. The van der Waals surface area contributed by atoms with E-state index in [9.17, 15) is 13.6 Å². The fraction of sp³-hybridized carbons (Fsp3) is 0.273. The first-order valence-corrected chi connectivity index (χ1v) is 5.33. The summed E-state index contributed by atoms with van der Waals surface area (Å²) >= 11 is 0. The Hall–Kier alpha value is -2.22. The van der Waals surface area contributed by atoms with Gasteiger partial charge in [-0.1, -0.05) is 5.16 Å². The lowest BCUT2D eigenvalue weighted by atomic mass is 10.3. The summed E-state index contributed by atoms with van der Waals surface area (Å²) in [5.74, 6) is -0.0926. The molecule has 0 aliphatic rings. The Kier molecular flexibility index (Phi) is 3.91. The largest absolute Gasteiger partial charge is 0.461 e. The van der Waals surface area contributed by atoms with E-state index in [0.717, 1.165) is 0 Å².